The lowest BCUT2D eigenvalue weighted by atomic mass is 9.94. The van der Waals surface area contributed by atoms with Gasteiger partial charge in [0.05, 0.1) is 18.3 Å². The van der Waals surface area contributed by atoms with E-state index in [0.717, 1.165) is 13.2 Å². The molecule has 2 atom stereocenters. The zero-order chi connectivity index (χ0) is 11.7. The van der Waals surface area contributed by atoms with E-state index in [1.807, 2.05) is 18.4 Å². The Kier molecular flexibility index (Phi) is 3.45. The fourth-order valence-corrected chi connectivity index (χ4v) is 4.29. The first-order valence-electron chi connectivity index (χ1n) is 6.62. The molecule has 1 saturated heterocycles. The molecule has 3 nitrogen and oxygen atoms in total. The average Bonchev–Trinajstić information content (AvgIpc) is 2.92. The third kappa shape index (κ3) is 2.26. The van der Waals surface area contributed by atoms with Gasteiger partial charge in [-0.15, -0.1) is 11.3 Å². The number of hydrogen-bond acceptors (Lipinski definition) is 4. The van der Waals surface area contributed by atoms with Crippen LogP contribution in [0.5, 0.6) is 0 Å². The Hall–Kier alpha value is -0.450. The Morgan fingerprint density at radius 3 is 3.06 bits per heavy atom. The number of nitrogens with zero attached hydrogens (tertiary/aromatic N) is 1. The summed E-state index contributed by atoms with van der Waals surface area (Å²) in [6.45, 7) is 1.82. The van der Waals surface area contributed by atoms with Crippen LogP contribution in [-0.2, 0) is 17.6 Å². The first kappa shape index (κ1) is 11.6. The quantitative estimate of drug-likeness (QED) is 0.896. The van der Waals surface area contributed by atoms with Crippen LogP contribution >= 0.6 is 11.3 Å². The minimum Gasteiger partial charge on any atom is -0.381 e. The number of aromatic nitrogens is 1. The molecule has 0 spiro atoms. The molecule has 0 bridgehead atoms. The summed E-state index contributed by atoms with van der Waals surface area (Å²) in [6, 6.07) is 0.394. The zero-order valence-electron chi connectivity index (χ0n) is 10.4. The maximum atomic E-state index is 5.60. The van der Waals surface area contributed by atoms with Gasteiger partial charge in [-0.1, -0.05) is 0 Å². The number of aryl methyl sites for hydroxylation is 2. The standard InChI is InChI=1S/C13H20N2OS/c1-14-12(9-4-3-7-16-8-9)13-15-10-5-2-6-11(10)17-13/h9,12,14H,2-8H2,1H3. The monoisotopic (exact) mass is 252 g/mol. The van der Waals surface area contributed by atoms with Crippen LogP contribution in [0.1, 0.15) is 40.9 Å². The first-order chi connectivity index (χ1) is 8.38. The van der Waals surface area contributed by atoms with Gasteiger partial charge in [0.25, 0.3) is 0 Å². The molecule has 1 aromatic heterocycles. The zero-order valence-corrected chi connectivity index (χ0v) is 11.2. The Bertz CT molecular complexity index is 363. The summed E-state index contributed by atoms with van der Waals surface area (Å²) >= 11 is 1.92. The highest BCUT2D eigenvalue weighted by atomic mass is 32.1. The van der Waals surface area contributed by atoms with Crippen LogP contribution in [0.25, 0.3) is 0 Å². The molecular formula is C13H20N2OS. The van der Waals surface area contributed by atoms with Crippen molar-refractivity contribution in [3.63, 3.8) is 0 Å². The van der Waals surface area contributed by atoms with E-state index in [9.17, 15) is 0 Å². The van der Waals surface area contributed by atoms with E-state index in [2.05, 4.69) is 5.32 Å². The Morgan fingerprint density at radius 2 is 2.35 bits per heavy atom. The third-order valence-corrected chi connectivity index (χ3v) is 5.10. The van der Waals surface area contributed by atoms with Crippen LogP contribution in [0.2, 0.25) is 0 Å². The molecule has 0 saturated carbocycles. The Labute approximate surface area is 107 Å². The molecule has 0 aromatic carbocycles. The lowest BCUT2D eigenvalue weighted by molar-refractivity contribution is 0.0401. The highest BCUT2D eigenvalue weighted by Crippen LogP contribution is 2.35. The number of ether oxygens (including phenoxy) is 1. The largest absolute Gasteiger partial charge is 0.381 e. The van der Waals surface area contributed by atoms with Gasteiger partial charge in [-0.25, -0.2) is 4.98 Å². The van der Waals surface area contributed by atoms with E-state index >= 15 is 0 Å². The lowest BCUT2D eigenvalue weighted by Crippen LogP contribution is -2.31. The van der Waals surface area contributed by atoms with Gasteiger partial charge in [0.1, 0.15) is 5.01 Å². The average molecular weight is 252 g/mol. The van der Waals surface area contributed by atoms with Gasteiger partial charge in [-0.3, -0.25) is 0 Å². The summed E-state index contributed by atoms with van der Waals surface area (Å²) in [5.41, 5.74) is 1.36. The van der Waals surface area contributed by atoms with Crippen LogP contribution in [0, 0.1) is 5.92 Å². The summed E-state index contributed by atoms with van der Waals surface area (Å²) in [4.78, 5) is 6.36. The van der Waals surface area contributed by atoms with E-state index < -0.39 is 0 Å². The topological polar surface area (TPSA) is 34.2 Å². The molecule has 1 aliphatic heterocycles. The van der Waals surface area contributed by atoms with Crippen molar-refractivity contribution in [1.29, 1.82) is 0 Å². The molecule has 2 unspecified atom stereocenters. The summed E-state index contributed by atoms with van der Waals surface area (Å²) < 4.78 is 5.60. The first-order valence-corrected chi connectivity index (χ1v) is 7.43. The molecule has 0 radical (unpaired) electrons. The molecule has 0 amide bonds. The van der Waals surface area contributed by atoms with Gasteiger partial charge in [0.15, 0.2) is 0 Å². The summed E-state index contributed by atoms with van der Waals surface area (Å²) in [7, 11) is 2.05. The van der Waals surface area contributed by atoms with Gasteiger partial charge >= 0.3 is 0 Å². The van der Waals surface area contributed by atoms with Crippen molar-refractivity contribution < 1.29 is 4.74 Å². The third-order valence-electron chi connectivity index (χ3n) is 3.86. The maximum absolute atomic E-state index is 5.60. The van der Waals surface area contributed by atoms with Gasteiger partial charge in [0, 0.05) is 17.4 Å². The van der Waals surface area contributed by atoms with Crippen LogP contribution < -0.4 is 5.32 Å². The highest BCUT2D eigenvalue weighted by molar-refractivity contribution is 7.11. The van der Waals surface area contributed by atoms with Gasteiger partial charge in [-0.05, 0) is 39.2 Å². The minimum atomic E-state index is 0.394. The van der Waals surface area contributed by atoms with Crippen LogP contribution in [0.3, 0.4) is 0 Å². The second-order valence-corrected chi connectivity index (χ2v) is 6.13. The van der Waals surface area contributed by atoms with Gasteiger partial charge in [-0.2, -0.15) is 0 Å². The molecule has 4 heteroatoms. The normalized spacial score (nSPS) is 25.8. The van der Waals surface area contributed by atoms with Crippen LogP contribution in [0.15, 0.2) is 0 Å². The molecule has 3 rings (SSSR count). The lowest BCUT2D eigenvalue weighted by Gasteiger charge is -2.28. The van der Waals surface area contributed by atoms with E-state index in [1.54, 1.807) is 0 Å². The second-order valence-electron chi connectivity index (χ2n) is 5.02. The van der Waals surface area contributed by atoms with Crippen molar-refractivity contribution in [3.8, 4) is 0 Å². The number of thiazole rings is 1. The molecule has 2 aliphatic rings. The molecule has 1 N–H and O–H groups in total. The molecule has 1 aromatic rings. The highest BCUT2D eigenvalue weighted by Gasteiger charge is 2.28. The summed E-state index contributed by atoms with van der Waals surface area (Å²) in [5.74, 6) is 0.597. The maximum Gasteiger partial charge on any atom is 0.110 e. The Morgan fingerprint density at radius 1 is 1.41 bits per heavy atom. The van der Waals surface area contributed by atoms with Crippen molar-refractivity contribution in [2.75, 3.05) is 20.3 Å². The summed E-state index contributed by atoms with van der Waals surface area (Å²) in [5, 5.41) is 4.73. The number of rotatable bonds is 3. The minimum absolute atomic E-state index is 0.394. The molecule has 1 fully saturated rings. The van der Waals surface area contributed by atoms with E-state index in [-0.39, 0.29) is 0 Å². The summed E-state index contributed by atoms with van der Waals surface area (Å²) in [6.07, 6.45) is 6.17. The molecule has 94 valence electrons. The van der Waals surface area contributed by atoms with E-state index in [1.165, 1.54) is 47.7 Å². The Balaban J connectivity index is 1.78. The van der Waals surface area contributed by atoms with E-state index in [4.69, 9.17) is 9.72 Å². The van der Waals surface area contributed by atoms with Crippen molar-refractivity contribution in [2.24, 2.45) is 5.92 Å². The predicted octanol–water partition coefficient (Wildman–Crippen LogP) is 2.32. The second kappa shape index (κ2) is 5.04. The van der Waals surface area contributed by atoms with Crippen LogP contribution in [-0.4, -0.2) is 25.2 Å². The fourth-order valence-electron chi connectivity index (χ4n) is 2.93. The fraction of sp³-hybridized carbons (Fsp3) is 0.769. The van der Waals surface area contributed by atoms with E-state index in [0.29, 0.717) is 12.0 Å². The SMILES string of the molecule is CNC(c1nc2c(s1)CCC2)C1CCCOC1. The van der Waals surface area contributed by atoms with Crippen molar-refractivity contribution in [1.82, 2.24) is 10.3 Å². The number of fused-ring (bicyclic) bond motifs is 1. The van der Waals surface area contributed by atoms with Crippen LogP contribution in [0.4, 0.5) is 0 Å². The van der Waals surface area contributed by atoms with Crippen molar-refractivity contribution in [3.05, 3.63) is 15.6 Å². The number of hydrogen-bond donors (Lipinski definition) is 1. The smallest absolute Gasteiger partial charge is 0.110 e. The molecule has 17 heavy (non-hydrogen) atoms. The van der Waals surface area contributed by atoms with Gasteiger partial charge < -0.3 is 10.1 Å². The molecule has 1 aliphatic carbocycles. The molecular weight excluding hydrogens is 232 g/mol. The van der Waals surface area contributed by atoms with Crippen molar-refractivity contribution >= 4 is 11.3 Å². The van der Waals surface area contributed by atoms with Gasteiger partial charge in [0.2, 0.25) is 0 Å². The van der Waals surface area contributed by atoms with Crippen molar-refractivity contribution in [2.45, 2.75) is 38.1 Å². The molecule has 2 heterocycles. The number of nitrogens with one attached hydrogen (secondary N) is 1. The predicted molar refractivity (Wildman–Crippen MR) is 69.5 cm³/mol.